The summed E-state index contributed by atoms with van der Waals surface area (Å²) in [6.45, 7) is 0. The average molecular weight is 395 g/mol. The number of hydrogen-bond acceptors (Lipinski definition) is 6. The lowest BCUT2D eigenvalue weighted by atomic mass is 10.2. The summed E-state index contributed by atoms with van der Waals surface area (Å²) in [7, 11) is 6.09. The van der Waals surface area contributed by atoms with Gasteiger partial charge in [0.05, 0.1) is 20.3 Å². The van der Waals surface area contributed by atoms with Crippen molar-refractivity contribution < 1.29 is 14.2 Å². The maximum absolute atomic E-state index is 12.1. The number of aromatic nitrogens is 2. The van der Waals surface area contributed by atoms with E-state index in [1.54, 1.807) is 50.8 Å². The summed E-state index contributed by atoms with van der Waals surface area (Å²) in [5, 5.41) is 0. The Morgan fingerprint density at radius 1 is 0.862 bits per heavy atom. The smallest absolute Gasteiger partial charge is 0.333 e. The van der Waals surface area contributed by atoms with Crippen LogP contribution in [0.4, 0.5) is 5.69 Å². The molecule has 0 saturated heterocycles. The Bertz CT molecular complexity index is 1180. The van der Waals surface area contributed by atoms with Crippen molar-refractivity contribution in [1.82, 2.24) is 9.13 Å². The molecular weight excluding hydrogens is 374 g/mol. The van der Waals surface area contributed by atoms with Crippen molar-refractivity contribution in [3.05, 3.63) is 74.9 Å². The van der Waals surface area contributed by atoms with E-state index in [1.165, 1.54) is 24.7 Å². The first-order valence-electron chi connectivity index (χ1n) is 8.74. The van der Waals surface area contributed by atoms with Gasteiger partial charge in [0.15, 0.2) is 17.2 Å². The highest BCUT2D eigenvalue weighted by Crippen LogP contribution is 2.31. The van der Waals surface area contributed by atoms with Gasteiger partial charge >= 0.3 is 5.69 Å². The molecule has 0 bridgehead atoms. The number of ether oxygens (including phenoxy) is 3. The van der Waals surface area contributed by atoms with Crippen molar-refractivity contribution in [3.8, 4) is 23.1 Å². The summed E-state index contributed by atoms with van der Waals surface area (Å²) in [5.74, 6) is 1.76. The summed E-state index contributed by atoms with van der Waals surface area (Å²) < 4.78 is 18.6. The van der Waals surface area contributed by atoms with Crippen LogP contribution in [0.1, 0.15) is 5.56 Å². The lowest BCUT2D eigenvalue weighted by Crippen LogP contribution is -2.36. The van der Waals surface area contributed by atoms with Gasteiger partial charge in [0, 0.05) is 20.3 Å². The third kappa shape index (κ3) is 4.21. The van der Waals surface area contributed by atoms with Crippen LogP contribution >= 0.6 is 0 Å². The first-order valence-corrected chi connectivity index (χ1v) is 8.74. The van der Waals surface area contributed by atoms with Crippen molar-refractivity contribution in [3.63, 3.8) is 0 Å². The maximum Gasteiger partial charge on any atom is 0.333 e. The molecule has 29 heavy (non-hydrogen) atoms. The van der Waals surface area contributed by atoms with Crippen molar-refractivity contribution in [2.45, 2.75) is 0 Å². The van der Waals surface area contributed by atoms with Gasteiger partial charge < -0.3 is 14.2 Å². The van der Waals surface area contributed by atoms with Crippen LogP contribution in [-0.4, -0.2) is 29.6 Å². The monoisotopic (exact) mass is 395 g/mol. The Hall–Kier alpha value is -3.81. The normalized spacial score (nSPS) is 10.9. The number of methoxy groups -OCH3 is 2. The van der Waals surface area contributed by atoms with Crippen LogP contribution in [0, 0.1) is 0 Å². The van der Waals surface area contributed by atoms with Crippen molar-refractivity contribution in [2.75, 3.05) is 14.2 Å². The summed E-state index contributed by atoms with van der Waals surface area (Å²) in [5.41, 5.74) is 0.419. The molecular formula is C21H21N3O5. The Kier molecular flexibility index (Phi) is 5.82. The molecule has 3 aromatic rings. The number of benzene rings is 2. The quantitative estimate of drug-likeness (QED) is 0.599. The number of hydrogen-bond donors (Lipinski definition) is 0. The molecule has 0 aliphatic heterocycles. The number of aliphatic imine (C=N–C) groups is 1. The number of rotatable bonds is 6. The second-order valence-corrected chi connectivity index (χ2v) is 6.16. The lowest BCUT2D eigenvalue weighted by molar-refractivity contribution is 0.355. The van der Waals surface area contributed by atoms with E-state index < -0.39 is 11.2 Å². The molecule has 2 aromatic carbocycles. The molecule has 0 radical (unpaired) electrons. The van der Waals surface area contributed by atoms with Gasteiger partial charge in [-0.2, -0.15) is 0 Å². The molecule has 1 heterocycles. The third-order valence-electron chi connectivity index (χ3n) is 4.32. The predicted molar refractivity (Wildman–Crippen MR) is 110 cm³/mol. The van der Waals surface area contributed by atoms with Gasteiger partial charge in [0.1, 0.15) is 5.69 Å². The summed E-state index contributed by atoms with van der Waals surface area (Å²) in [6, 6.07) is 13.8. The van der Waals surface area contributed by atoms with Gasteiger partial charge in [-0.1, -0.05) is 12.1 Å². The van der Waals surface area contributed by atoms with E-state index in [4.69, 9.17) is 14.2 Å². The Morgan fingerprint density at radius 2 is 1.59 bits per heavy atom. The molecule has 3 rings (SSSR count). The molecule has 0 spiro atoms. The van der Waals surface area contributed by atoms with E-state index in [2.05, 4.69) is 4.99 Å². The molecule has 0 N–H and O–H groups in total. The van der Waals surface area contributed by atoms with Crippen LogP contribution in [0.25, 0.3) is 0 Å². The zero-order chi connectivity index (χ0) is 21.0. The molecule has 0 atom stereocenters. The van der Waals surface area contributed by atoms with Crippen LogP contribution in [0.3, 0.4) is 0 Å². The maximum atomic E-state index is 12.1. The largest absolute Gasteiger partial charge is 0.493 e. The molecule has 8 heteroatoms. The van der Waals surface area contributed by atoms with Crippen LogP contribution in [0.5, 0.6) is 23.1 Å². The first-order chi connectivity index (χ1) is 13.9. The van der Waals surface area contributed by atoms with Crippen molar-refractivity contribution in [2.24, 2.45) is 19.1 Å². The molecule has 0 aliphatic carbocycles. The highest BCUT2D eigenvalue weighted by molar-refractivity contribution is 5.83. The molecule has 0 aliphatic rings. The van der Waals surface area contributed by atoms with Gasteiger partial charge in [0.2, 0.25) is 5.88 Å². The number of nitrogens with zero attached hydrogens (tertiary/aromatic N) is 3. The molecule has 8 nitrogen and oxygen atoms in total. The van der Waals surface area contributed by atoms with Crippen LogP contribution in [0.2, 0.25) is 0 Å². The molecule has 150 valence electrons. The first kappa shape index (κ1) is 19.9. The van der Waals surface area contributed by atoms with E-state index in [-0.39, 0.29) is 5.88 Å². The Labute approximate surface area is 167 Å². The highest BCUT2D eigenvalue weighted by atomic mass is 16.5. The van der Waals surface area contributed by atoms with Gasteiger partial charge in [-0.25, -0.2) is 4.79 Å². The van der Waals surface area contributed by atoms with Crippen molar-refractivity contribution in [1.29, 1.82) is 0 Å². The minimum absolute atomic E-state index is 0.131. The fraction of sp³-hybridized carbons (Fsp3) is 0.190. The van der Waals surface area contributed by atoms with Gasteiger partial charge in [-0.05, 0) is 35.9 Å². The van der Waals surface area contributed by atoms with E-state index in [1.807, 2.05) is 12.1 Å². The number of para-hydroxylation sites is 2. The summed E-state index contributed by atoms with van der Waals surface area (Å²) in [6.07, 6.45) is 1.66. The summed E-state index contributed by atoms with van der Waals surface area (Å²) in [4.78, 5) is 28.5. The third-order valence-corrected chi connectivity index (χ3v) is 4.32. The van der Waals surface area contributed by atoms with Crippen LogP contribution < -0.4 is 25.5 Å². The van der Waals surface area contributed by atoms with Gasteiger partial charge in [-0.15, -0.1) is 0 Å². The molecule has 1 aromatic heterocycles. The van der Waals surface area contributed by atoms with Gasteiger partial charge in [0.25, 0.3) is 5.56 Å². The lowest BCUT2D eigenvalue weighted by Gasteiger charge is -2.12. The van der Waals surface area contributed by atoms with Crippen LogP contribution in [-0.2, 0) is 14.1 Å². The van der Waals surface area contributed by atoms with Crippen molar-refractivity contribution >= 4 is 11.9 Å². The van der Waals surface area contributed by atoms with E-state index in [0.717, 1.165) is 10.1 Å². The minimum atomic E-state index is -0.473. The van der Waals surface area contributed by atoms with Crippen LogP contribution in [0.15, 0.2) is 63.1 Å². The highest BCUT2D eigenvalue weighted by Gasteiger charge is 2.10. The summed E-state index contributed by atoms with van der Waals surface area (Å²) >= 11 is 0. The fourth-order valence-electron chi connectivity index (χ4n) is 2.65. The standard InChI is InChI=1S/C21H21N3O5/c1-23-19(25)12-20(24(2)21(23)26)29-16-8-6-5-7-15(16)22-13-14-9-10-17(27-3)18(11-14)28-4/h5-13H,1-4H3. The van der Waals surface area contributed by atoms with E-state index in [9.17, 15) is 9.59 Å². The second-order valence-electron chi connectivity index (χ2n) is 6.16. The molecule has 0 amide bonds. The van der Waals surface area contributed by atoms with E-state index in [0.29, 0.717) is 22.9 Å². The molecule has 0 fully saturated rings. The molecule has 0 saturated carbocycles. The average Bonchev–Trinajstić information content (AvgIpc) is 2.75. The predicted octanol–water partition coefficient (Wildman–Crippen LogP) is 2.64. The Morgan fingerprint density at radius 3 is 2.31 bits per heavy atom. The molecule has 0 unspecified atom stereocenters. The SMILES string of the molecule is COc1ccc(C=Nc2ccccc2Oc2cc(=O)n(C)c(=O)n2C)cc1OC. The van der Waals surface area contributed by atoms with Gasteiger partial charge in [-0.3, -0.25) is 18.9 Å². The zero-order valence-corrected chi connectivity index (χ0v) is 16.6. The zero-order valence-electron chi connectivity index (χ0n) is 16.6. The second kappa shape index (κ2) is 8.47. The minimum Gasteiger partial charge on any atom is -0.493 e. The Balaban J connectivity index is 1.94. The fourth-order valence-corrected chi connectivity index (χ4v) is 2.65. The van der Waals surface area contributed by atoms with E-state index >= 15 is 0 Å². The topological polar surface area (TPSA) is 84.0 Å².